The summed E-state index contributed by atoms with van der Waals surface area (Å²) in [5.74, 6) is 0.623. The van der Waals surface area contributed by atoms with Crippen molar-refractivity contribution in [3.05, 3.63) is 35.0 Å². The summed E-state index contributed by atoms with van der Waals surface area (Å²) in [6.45, 7) is 1.66. The molecule has 0 radical (unpaired) electrons. The first-order chi connectivity index (χ1) is 15.6. The summed E-state index contributed by atoms with van der Waals surface area (Å²) in [6.07, 6.45) is 3.68. The number of carbonyl (C=O) groups is 1. The Labute approximate surface area is 186 Å². The van der Waals surface area contributed by atoms with Crippen molar-refractivity contribution in [3.8, 4) is 11.5 Å². The molecule has 3 aromatic heterocycles. The van der Waals surface area contributed by atoms with E-state index < -0.39 is 11.6 Å². The number of nitrogens with one attached hydrogen (secondary N) is 1. The number of aromatic nitrogens is 5. The second-order valence-electron chi connectivity index (χ2n) is 7.34. The van der Waals surface area contributed by atoms with Crippen molar-refractivity contribution in [2.45, 2.75) is 19.4 Å². The Morgan fingerprint density at radius 1 is 1.22 bits per heavy atom. The highest BCUT2D eigenvalue weighted by Gasteiger charge is 2.21. The van der Waals surface area contributed by atoms with Crippen LogP contribution < -0.4 is 25.4 Å². The number of thiazole rings is 1. The first-order valence-corrected chi connectivity index (χ1v) is 10.9. The number of hydrogen-bond acceptors (Lipinski definition) is 9. The Morgan fingerprint density at radius 2 is 2.03 bits per heavy atom. The standard InChI is InChI=1S/C20H21N7O4S/c1-30-12-5-6-14(31-2)13(9-12)22-15(28)10-27-20(29)26-11-21-17-16(18(26)24-27)32-19(23-17)25-7-3-4-8-25/h5-6,9,11H,3-4,7-8,10H2,1-2H3,(H,22,28). The molecule has 12 heteroatoms. The number of anilines is 2. The van der Waals surface area contributed by atoms with E-state index in [4.69, 9.17) is 9.47 Å². The molecular formula is C20H21N7O4S. The van der Waals surface area contributed by atoms with Gasteiger partial charge < -0.3 is 19.7 Å². The van der Waals surface area contributed by atoms with Crippen molar-refractivity contribution in [3.63, 3.8) is 0 Å². The van der Waals surface area contributed by atoms with Gasteiger partial charge in [-0.25, -0.2) is 18.9 Å². The summed E-state index contributed by atoms with van der Waals surface area (Å²) < 4.78 is 13.7. The van der Waals surface area contributed by atoms with E-state index in [0.717, 1.165) is 40.4 Å². The van der Waals surface area contributed by atoms with E-state index in [1.54, 1.807) is 18.2 Å². The van der Waals surface area contributed by atoms with E-state index in [1.807, 2.05) is 0 Å². The fourth-order valence-corrected chi connectivity index (χ4v) is 4.76. The Bertz CT molecular complexity index is 1370. The van der Waals surface area contributed by atoms with Crippen LogP contribution in [0.3, 0.4) is 0 Å². The molecule has 0 atom stereocenters. The van der Waals surface area contributed by atoms with Gasteiger partial charge in [-0.3, -0.25) is 4.79 Å². The third-order valence-corrected chi connectivity index (χ3v) is 6.42. The lowest BCUT2D eigenvalue weighted by atomic mass is 10.2. The van der Waals surface area contributed by atoms with E-state index in [9.17, 15) is 9.59 Å². The van der Waals surface area contributed by atoms with Gasteiger partial charge in [0.1, 0.15) is 29.1 Å². The highest BCUT2D eigenvalue weighted by molar-refractivity contribution is 7.22. The molecule has 1 N–H and O–H groups in total. The maximum atomic E-state index is 12.8. The maximum Gasteiger partial charge on any atom is 0.352 e. The molecule has 0 bridgehead atoms. The third-order valence-electron chi connectivity index (χ3n) is 5.32. The number of methoxy groups -OCH3 is 2. The van der Waals surface area contributed by atoms with Crippen LogP contribution in [0.2, 0.25) is 0 Å². The molecule has 11 nitrogen and oxygen atoms in total. The second kappa shape index (κ2) is 8.11. The molecule has 1 aliphatic rings. The molecule has 0 unspecified atom stereocenters. The van der Waals surface area contributed by atoms with Gasteiger partial charge in [0.15, 0.2) is 16.4 Å². The number of amides is 1. The fourth-order valence-electron chi connectivity index (χ4n) is 3.71. The molecule has 32 heavy (non-hydrogen) atoms. The van der Waals surface area contributed by atoms with Gasteiger partial charge in [-0.15, -0.1) is 5.10 Å². The van der Waals surface area contributed by atoms with Crippen molar-refractivity contribution in [2.24, 2.45) is 0 Å². The number of fused-ring (bicyclic) bond motifs is 3. The number of benzene rings is 1. The van der Waals surface area contributed by atoms with Crippen molar-refractivity contribution < 1.29 is 14.3 Å². The quantitative estimate of drug-likeness (QED) is 0.468. The van der Waals surface area contributed by atoms with Gasteiger partial charge in [-0.2, -0.15) is 4.98 Å². The summed E-state index contributed by atoms with van der Waals surface area (Å²) >= 11 is 1.46. The molecular weight excluding hydrogens is 434 g/mol. The average molecular weight is 456 g/mol. The van der Waals surface area contributed by atoms with E-state index in [1.165, 1.54) is 36.3 Å². The lowest BCUT2D eigenvalue weighted by Gasteiger charge is -2.11. The minimum Gasteiger partial charge on any atom is -0.497 e. The Balaban J connectivity index is 1.44. The fraction of sp³-hybridized carbons (Fsp3) is 0.350. The van der Waals surface area contributed by atoms with Crippen LogP contribution in [0.5, 0.6) is 11.5 Å². The molecule has 1 aliphatic heterocycles. The van der Waals surface area contributed by atoms with Gasteiger partial charge in [0.05, 0.1) is 19.9 Å². The average Bonchev–Trinajstić information content (AvgIpc) is 3.53. The second-order valence-corrected chi connectivity index (χ2v) is 8.31. The van der Waals surface area contributed by atoms with Gasteiger partial charge in [0.25, 0.3) is 0 Å². The molecule has 5 rings (SSSR count). The molecule has 1 fully saturated rings. The Hall–Kier alpha value is -3.67. The zero-order chi connectivity index (χ0) is 22.2. The monoisotopic (exact) mass is 455 g/mol. The van der Waals surface area contributed by atoms with Crippen molar-refractivity contribution >= 4 is 44.1 Å². The SMILES string of the molecule is COc1ccc(OC)c(NC(=O)Cn2nc3c4sc(N5CCCC5)nc4ncn3c2=O)c1. The molecule has 0 aliphatic carbocycles. The van der Waals surface area contributed by atoms with Crippen LogP contribution in [0.25, 0.3) is 16.0 Å². The first-order valence-electron chi connectivity index (χ1n) is 10.1. The van der Waals surface area contributed by atoms with Crippen molar-refractivity contribution in [1.82, 2.24) is 24.1 Å². The van der Waals surface area contributed by atoms with Gasteiger partial charge in [-0.1, -0.05) is 11.3 Å². The molecule has 0 spiro atoms. The van der Waals surface area contributed by atoms with Gasteiger partial charge in [0.2, 0.25) is 5.91 Å². The van der Waals surface area contributed by atoms with E-state index in [-0.39, 0.29) is 6.54 Å². The number of nitrogens with zero attached hydrogens (tertiary/aromatic N) is 6. The van der Waals surface area contributed by atoms with Gasteiger partial charge >= 0.3 is 5.69 Å². The summed E-state index contributed by atoms with van der Waals surface area (Å²) in [5, 5.41) is 8.03. The van der Waals surface area contributed by atoms with E-state index >= 15 is 0 Å². The van der Waals surface area contributed by atoms with Crippen LogP contribution in [-0.4, -0.2) is 57.4 Å². The minimum atomic E-state index is -0.446. The molecule has 0 saturated carbocycles. The van der Waals surface area contributed by atoms with Crippen LogP contribution in [0.4, 0.5) is 10.8 Å². The molecule has 1 amide bonds. The van der Waals surface area contributed by atoms with Crippen LogP contribution in [0, 0.1) is 0 Å². The summed E-state index contributed by atoms with van der Waals surface area (Å²) in [5.41, 5.74) is 0.982. The van der Waals surface area contributed by atoms with Gasteiger partial charge in [-0.05, 0) is 25.0 Å². The number of rotatable bonds is 6. The predicted molar refractivity (Wildman–Crippen MR) is 120 cm³/mol. The summed E-state index contributed by atoms with van der Waals surface area (Å²) in [7, 11) is 3.04. The van der Waals surface area contributed by atoms with Gasteiger partial charge in [0, 0.05) is 19.2 Å². The van der Waals surface area contributed by atoms with Crippen LogP contribution >= 0.6 is 11.3 Å². The highest BCUT2D eigenvalue weighted by Crippen LogP contribution is 2.31. The number of carbonyl (C=O) groups excluding carboxylic acids is 1. The molecule has 4 aromatic rings. The predicted octanol–water partition coefficient (Wildman–Crippen LogP) is 1.76. The lowest BCUT2D eigenvalue weighted by Crippen LogP contribution is -2.28. The third kappa shape index (κ3) is 3.51. The molecule has 1 aromatic carbocycles. The van der Waals surface area contributed by atoms with Crippen molar-refractivity contribution in [1.29, 1.82) is 0 Å². The van der Waals surface area contributed by atoms with Crippen molar-refractivity contribution in [2.75, 3.05) is 37.5 Å². The zero-order valence-corrected chi connectivity index (χ0v) is 18.4. The molecule has 1 saturated heterocycles. The minimum absolute atomic E-state index is 0.264. The topological polar surface area (TPSA) is 116 Å². The van der Waals surface area contributed by atoms with Crippen LogP contribution in [-0.2, 0) is 11.3 Å². The maximum absolute atomic E-state index is 12.8. The highest BCUT2D eigenvalue weighted by atomic mass is 32.1. The van der Waals surface area contributed by atoms with E-state index in [2.05, 4.69) is 25.3 Å². The largest absolute Gasteiger partial charge is 0.497 e. The normalized spacial score (nSPS) is 13.8. The Morgan fingerprint density at radius 3 is 2.78 bits per heavy atom. The van der Waals surface area contributed by atoms with Crippen LogP contribution in [0.1, 0.15) is 12.8 Å². The number of ether oxygens (including phenoxy) is 2. The number of hydrogen-bond donors (Lipinski definition) is 1. The lowest BCUT2D eigenvalue weighted by molar-refractivity contribution is -0.117. The summed E-state index contributed by atoms with van der Waals surface area (Å²) in [4.78, 5) is 36.6. The molecule has 4 heterocycles. The zero-order valence-electron chi connectivity index (χ0n) is 17.6. The smallest absolute Gasteiger partial charge is 0.352 e. The first kappa shape index (κ1) is 20.2. The Kier molecular flexibility index (Phi) is 5.13. The molecule has 166 valence electrons. The van der Waals surface area contributed by atoms with Crippen LogP contribution in [0.15, 0.2) is 29.3 Å². The van der Waals surface area contributed by atoms with E-state index in [0.29, 0.717) is 28.5 Å². The summed E-state index contributed by atoms with van der Waals surface area (Å²) in [6, 6.07) is 5.06.